The summed E-state index contributed by atoms with van der Waals surface area (Å²) < 4.78 is 42.2. The zero-order valence-corrected chi connectivity index (χ0v) is 8.23. The minimum atomic E-state index is -4.05. The van der Waals surface area contributed by atoms with E-state index in [1.54, 1.807) is 0 Å². The fraction of sp³-hybridized carbons (Fsp3) is 1.00. The Kier molecular flexibility index (Phi) is 4.19. The highest BCUT2D eigenvalue weighted by Gasteiger charge is 2.41. The zero-order chi connectivity index (χ0) is 10.6. The van der Waals surface area contributed by atoms with Crippen molar-refractivity contribution in [2.24, 2.45) is 5.92 Å². The molecule has 2 nitrogen and oxygen atoms in total. The van der Waals surface area contributed by atoms with Gasteiger partial charge in [-0.25, -0.2) is 0 Å². The topological polar surface area (TPSA) is 21.3 Å². The van der Waals surface area contributed by atoms with Crippen molar-refractivity contribution in [2.45, 2.75) is 32.0 Å². The third-order valence-corrected chi connectivity index (χ3v) is 2.48. The minimum absolute atomic E-state index is 0.142. The Hall–Kier alpha value is -0.290. The van der Waals surface area contributed by atoms with Crippen LogP contribution in [0, 0.1) is 5.92 Å². The molecule has 0 spiro atoms. The number of halogens is 3. The lowest BCUT2D eigenvalue weighted by atomic mass is 9.92. The Labute approximate surface area is 81.8 Å². The van der Waals surface area contributed by atoms with E-state index >= 15 is 0 Å². The molecule has 14 heavy (non-hydrogen) atoms. The van der Waals surface area contributed by atoms with Crippen LogP contribution in [-0.4, -0.2) is 32.0 Å². The Morgan fingerprint density at radius 2 is 2.14 bits per heavy atom. The van der Waals surface area contributed by atoms with E-state index < -0.39 is 12.1 Å². The number of ether oxygens (including phenoxy) is 1. The summed E-state index contributed by atoms with van der Waals surface area (Å²) in [6.45, 7) is 3.20. The van der Waals surface area contributed by atoms with Gasteiger partial charge in [-0.15, -0.1) is 0 Å². The standard InChI is InChI=1S/C9H16F3NO/c1-2-14-6-8-5-7(3-4-13-8)9(10,11)12/h7-8,13H,2-6H2,1H3. The van der Waals surface area contributed by atoms with Crippen molar-refractivity contribution >= 4 is 0 Å². The monoisotopic (exact) mass is 211 g/mol. The summed E-state index contributed by atoms with van der Waals surface area (Å²) in [5.74, 6) is -1.16. The second-order valence-electron chi connectivity index (χ2n) is 3.57. The molecule has 0 aromatic rings. The largest absolute Gasteiger partial charge is 0.391 e. The summed E-state index contributed by atoms with van der Waals surface area (Å²) >= 11 is 0. The molecule has 5 heteroatoms. The maximum absolute atomic E-state index is 12.4. The van der Waals surface area contributed by atoms with Crippen LogP contribution in [0.5, 0.6) is 0 Å². The smallest absolute Gasteiger partial charge is 0.380 e. The predicted molar refractivity (Wildman–Crippen MR) is 47.1 cm³/mol. The molecule has 1 fully saturated rings. The summed E-state index contributed by atoms with van der Waals surface area (Å²) in [7, 11) is 0. The lowest BCUT2D eigenvalue weighted by Crippen LogP contribution is -2.45. The van der Waals surface area contributed by atoms with Crippen LogP contribution in [-0.2, 0) is 4.74 Å². The van der Waals surface area contributed by atoms with E-state index in [-0.39, 0.29) is 18.9 Å². The molecule has 1 aliphatic rings. The molecule has 2 atom stereocenters. The highest BCUT2D eigenvalue weighted by molar-refractivity contribution is 4.81. The molecule has 2 unspecified atom stereocenters. The van der Waals surface area contributed by atoms with Gasteiger partial charge < -0.3 is 10.1 Å². The van der Waals surface area contributed by atoms with E-state index in [4.69, 9.17) is 4.74 Å². The lowest BCUT2D eigenvalue weighted by molar-refractivity contribution is -0.184. The summed E-state index contributed by atoms with van der Waals surface area (Å²) in [6.07, 6.45) is -3.72. The average Bonchev–Trinajstić information content (AvgIpc) is 2.14. The van der Waals surface area contributed by atoms with Crippen molar-refractivity contribution in [3.8, 4) is 0 Å². The van der Waals surface area contributed by atoms with Crippen LogP contribution in [0.15, 0.2) is 0 Å². The Balaban J connectivity index is 2.36. The molecule has 1 N–H and O–H groups in total. The van der Waals surface area contributed by atoms with Gasteiger partial charge in [0.2, 0.25) is 0 Å². The van der Waals surface area contributed by atoms with E-state index in [0.29, 0.717) is 19.8 Å². The Morgan fingerprint density at radius 1 is 1.43 bits per heavy atom. The van der Waals surface area contributed by atoms with Crippen LogP contribution in [0.2, 0.25) is 0 Å². The molecule has 0 saturated carbocycles. The number of hydrogen-bond donors (Lipinski definition) is 1. The summed E-state index contributed by atoms with van der Waals surface area (Å²) in [5.41, 5.74) is 0. The Morgan fingerprint density at radius 3 is 2.71 bits per heavy atom. The van der Waals surface area contributed by atoms with Crippen LogP contribution < -0.4 is 5.32 Å². The maximum Gasteiger partial charge on any atom is 0.391 e. The molecule has 1 aliphatic heterocycles. The number of piperidine rings is 1. The fourth-order valence-electron chi connectivity index (χ4n) is 1.69. The van der Waals surface area contributed by atoms with E-state index in [1.165, 1.54) is 0 Å². The van der Waals surface area contributed by atoms with Crippen molar-refractivity contribution in [2.75, 3.05) is 19.8 Å². The quantitative estimate of drug-likeness (QED) is 0.770. The summed E-state index contributed by atoms with van der Waals surface area (Å²) in [6, 6.07) is -0.143. The molecule has 0 aromatic carbocycles. The third kappa shape index (κ3) is 3.46. The van der Waals surface area contributed by atoms with Crippen molar-refractivity contribution in [1.82, 2.24) is 5.32 Å². The van der Waals surface area contributed by atoms with Crippen molar-refractivity contribution < 1.29 is 17.9 Å². The molecular formula is C9H16F3NO. The van der Waals surface area contributed by atoms with Crippen molar-refractivity contribution in [3.63, 3.8) is 0 Å². The van der Waals surface area contributed by atoms with Gasteiger partial charge in [-0.3, -0.25) is 0 Å². The molecule has 0 amide bonds. The molecule has 0 radical (unpaired) electrons. The average molecular weight is 211 g/mol. The number of nitrogens with one attached hydrogen (secondary N) is 1. The first kappa shape index (κ1) is 11.8. The zero-order valence-electron chi connectivity index (χ0n) is 8.23. The van der Waals surface area contributed by atoms with E-state index in [9.17, 15) is 13.2 Å². The molecule has 1 rings (SSSR count). The summed E-state index contributed by atoms with van der Waals surface area (Å²) in [5, 5.41) is 3.03. The van der Waals surface area contributed by atoms with Gasteiger partial charge in [0.15, 0.2) is 0 Å². The number of rotatable bonds is 3. The molecule has 0 bridgehead atoms. The summed E-state index contributed by atoms with van der Waals surface area (Å²) in [4.78, 5) is 0. The fourth-order valence-corrected chi connectivity index (χ4v) is 1.69. The van der Waals surface area contributed by atoms with E-state index in [0.717, 1.165) is 0 Å². The SMILES string of the molecule is CCOCC1CC(C(F)(F)F)CCN1. The lowest BCUT2D eigenvalue weighted by Gasteiger charge is -2.31. The van der Waals surface area contributed by atoms with Crippen molar-refractivity contribution in [1.29, 1.82) is 0 Å². The molecule has 84 valence electrons. The molecule has 0 aliphatic carbocycles. The molecular weight excluding hydrogens is 195 g/mol. The normalized spacial score (nSPS) is 29.1. The van der Waals surface area contributed by atoms with Gasteiger partial charge in [-0.2, -0.15) is 13.2 Å². The van der Waals surface area contributed by atoms with Gasteiger partial charge in [0.05, 0.1) is 12.5 Å². The van der Waals surface area contributed by atoms with Crippen molar-refractivity contribution in [3.05, 3.63) is 0 Å². The second-order valence-corrected chi connectivity index (χ2v) is 3.57. The van der Waals surface area contributed by atoms with Crippen LogP contribution in [0.4, 0.5) is 13.2 Å². The van der Waals surface area contributed by atoms with Gasteiger partial charge in [-0.05, 0) is 26.3 Å². The highest BCUT2D eigenvalue weighted by Crippen LogP contribution is 2.33. The first-order valence-corrected chi connectivity index (χ1v) is 4.92. The van der Waals surface area contributed by atoms with E-state index in [1.807, 2.05) is 6.92 Å². The second kappa shape index (κ2) is 4.98. The predicted octanol–water partition coefficient (Wildman–Crippen LogP) is 1.95. The highest BCUT2D eigenvalue weighted by atomic mass is 19.4. The first-order chi connectivity index (χ1) is 6.54. The molecule has 0 aromatic heterocycles. The maximum atomic E-state index is 12.4. The number of hydrogen-bond acceptors (Lipinski definition) is 2. The van der Waals surface area contributed by atoms with E-state index in [2.05, 4.69) is 5.32 Å². The van der Waals surface area contributed by atoms with Gasteiger partial charge in [-0.1, -0.05) is 0 Å². The van der Waals surface area contributed by atoms with Crippen LogP contribution >= 0.6 is 0 Å². The van der Waals surface area contributed by atoms with Gasteiger partial charge in [0.25, 0.3) is 0 Å². The third-order valence-electron chi connectivity index (χ3n) is 2.48. The van der Waals surface area contributed by atoms with Crippen LogP contribution in [0.3, 0.4) is 0 Å². The molecule has 1 heterocycles. The minimum Gasteiger partial charge on any atom is -0.380 e. The van der Waals surface area contributed by atoms with Gasteiger partial charge >= 0.3 is 6.18 Å². The molecule has 1 saturated heterocycles. The van der Waals surface area contributed by atoms with Crippen LogP contribution in [0.1, 0.15) is 19.8 Å². The first-order valence-electron chi connectivity index (χ1n) is 4.92. The van der Waals surface area contributed by atoms with Gasteiger partial charge in [0, 0.05) is 12.6 Å². The van der Waals surface area contributed by atoms with Gasteiger partial charge in [0.1, 0.15) is 0 Å². The van der Waals surface area contributed by atoms with Crippen LogP contribution in [0.25, 0.3) is 0 Å². The number of alkyl halides is 3. The Bertz CT molecular complexity index is 172.